The lowest BCUT2D eigenvalue weighted by molar-refractivity contribution is 0.111. The standard InChI is InChI=1S/C12H12F2O2/c1-8(2)5-6-16-12-9(7-15)10(13)3-4-11(12)14/h3-5,7H,6H2,1-2H3. The van der Waals surface area contributed by atoms with Crippen molar-refractivity contribution in [3.63, 3.8) is 0 Å². The number of carbonyl (C=O) groups excluding carboxylic acids is 1. The Hall–Kier alpha value is -1.71. The van der Waals surface area contributed by atoms with Gasteiger partial charge in [-0.25, -0.2) is 8.78 Å². The van der Waals surface area contributed by atoms with Gasteiger partial charge in [0.25, 0.3) is 0 Å². The van der Waals surface area contributed by atoms with Crippen molar-refractivity contribution < 1.29 is 18.3 Å². The Morgan fingerprint density at radius 1 is 1.31 bits per heavy atom. The molecule has 16 heavy (non-hydrogen) atoms. The third-order valence-electron chi connectivity index (χ3n) is 1.93. The van der Waals surface area contributed by atoms with Gasteiger partial charge in [0.05, 0.1) is 5.56 Å². The average Bonchev–Trinajstić information content (AvgIpc) is 2.23. The second kappa shape index (κ2) is 5.39. The molecule has 1 rings (SSSR count). The Bertz CT molecular complexity index is 421. The number of hydrogen-bond donors (Lipinski definition) is 0. The first kappa shape index (κ1) is 12.4. The normalized spacial score (nSPS) is 9.75. The second-order valence-corrected chi connectivity index (χ2v) is 3.48. The Morgan fingerprint density at radius 3 is 2.50 bits per heavy atom. The van der Waals surface area contributed by atoms with Crippen molar-refractivity contribution in [2.75, 3.05) is 6.61 Å². The fourth-order valence-corrected chi connectivity index (χ4v) is 1.10. The number of benzene rings is 1. The van der Waals surface area contributed by atoms with Gasteiger partial charge in [-0.1, -0.05) is 5.57 Å². The Labute approximate surface area is 92.5 Å². The molecular formula is C12H12F2O2. The number of ether oxygens (including phenoxy) is 1. The molecule has 0 saturated carbocycles. The zero-order valence-corrected chi connectivity index (χ0v) is 9.09. The highest BCUT2D eigenvalue weighted by atomic mass is 19.1. The summed E-state index contributed by atoms with van der Waals surface area (Å²) in [5, 5.41) is 0. The topological polar surface area (TPSA) is 26.3 Å². The van der Waals surface area contributed by atoms with Gasteiger partial charge in [0.1, 0.15) is 12.4 Å². The number of rotatable bonds is 4. The fourth-order valence-electron chi connectivity index (χ4n) is 1.10. The van der Waals surface area contributed by atoms with Crippen LogP contribution in [-0.4, -0.2) is 12.9 Å². The van der Waals surface area contributed by atoms with Crippen molar-refractivity contribution in [3.05, 3.63) is 41.0 Å². The molecule has 0 radical (unpaired) electrons. The fraction of sp³-hybridized carbons (Fsp3) is 0.250. The summed E-state index contributed by atoms with van der Waals surface area (Å²) >= 11 is 0. The first-order valence-corrected chi connectivity index (χ1v) is 4.75. The number of halogens is 2. The van der Waals surface area contributed by atoms with E-state index in [2.05, 4.69) is 0 Å². The molecule has 2 nitrogen and oxygen atoms in total. The quantitative estimate of drug-likeness (QED) is 0.582. The summed E-state index contributed by atoms with van der Waals surface area (Å²) in [5.74, 6) is -1.87. The summed E-state index contributed by atoms with van der Waals surface area (Å²) in [7, 11) is 0. The van der Waals surface area contributed by atoms with E-state index < -0.39 is 11.6 Å². The van der Waals surface area contributed by atoms with Crippen molar-refractivity contribution in [1.82, 2.24) is 0 Å². The molecule has 4 heteroatoms. The molecule has 0 aliphatic rings. The van der Waals surface area contributed by atoms with E-state index in [1.165, 1.54) is 0 Å². The third-order valence-corrected chi connectivity index (χ3v) is 1.93. The van der Waals surface area contributed by atoms with E-state index in [0.29, 0.717) is 0 Å². The average molecular weight is 226 g/mol. The third kappa shape index (κ3) is 2.89. The van der Waals surface area contributed by atoms with Gasteiger partial charge < -0.3 is 4.74 Å². The van der Waals surface area contributed by atoms with Gasteiger partial charge in [-0.3, -0.25) is 4.79 Å². The molecule has 1 aromatic carbocycles. The molecule has 0 unspecified atom stereocenters. The van der Waals surface area contributed by atoms with Gasteiger partial charge in [-0.15, -0.1) is 0 Å². The predicted octanol–water partition coefficient (Wildman–Crippen LogP) is 3.12. The van der Waals surface area contributed by atoms with Crippen LogP contribution in [0.3, 0.4) is 0 Å². The van der Waals surface area contributed by atoms with Crippen LogP contribution in [0.2, 0.25) is 0 Å². The van der Waals surface area contributed by atoms with Crippen molar-refractivity contribution in [1.29, 1.82) is 0 Å². The molecule has 0 bridgehead atoms. The molecule has 0 fully saturated rings. The maximum absolute atomic E-state index is 13.3. The zero-order chi connectivity index (χ0) is 12.1. The van der Waals surface area contributed by atoms with Gasteiger partial charge in [0.15, 0.2) is 17.9 Å². The Morgan fingerprint density at radius 2 is 1.94 bits per heavy atom. The van der Waals surface area contributed by atoms with Crippen molar-refractivity contribution >= 4 is 6.29 Å². The lowest BCUT2D eigenvalue weighted by atomic mass is 10.2. The maximum Gasteiger partial charge on any atom is 0.168 e. The minimum Gasteiger partial charge on any atom is -0.486 e. The molecule has 0 heterocycles. The summed E-state index contributed by atoms with van der Waals surface area (Å²) in [6, 6.07) is 1.83. The van der Waals surface area contributed by atoms with Crippen LogP contribution in [-0.2, 0) is 0 Å². The van der Waals surface area contributed by atoms with Gasteiger partial charge >= 0.3 is 0 Å². The molecule has 0 atom stereocenters. The predicted molar refractivity (Wildman–Crippen MR) is 56.7 cm³/mol. The lowest BCUT2D eigenvalue weighted by Gasteiger charge is -2.08. The first-order chi connectivity index (χ1) is 7.56. The van der Waals surface area contributed by atoms with Crippen molar-refractivity contribution in [3.8, 4) is 5.75 Å². The van der Waals surface area contributed by atoms with Crippen molar-refractivity contribution in [2.24, 2.45) is 0 Å². The summed E-state index contributed by atoms with van der Waals surface area (Å²) in [6.07, 6.45) is 1.95. The van der Waals surface area contributed by atoms with E-state index in [4.69, 9.17) is 4.74 Å². The van der Waals surface area contributed by atoms with E-state index in [0.717, 1.165) is 17.7 Å². The van der Waals surface area contributed by atoms with E-state index >= 15 is 0 Å². The SMILES string of the molecule is CC(C)=CCOc1c(F)ccc(F)c1C=O. The molecule has 0 N–H and O–H groups in total. The number of carbonyl (C=O) groups is 1. The Balaban J connectivity index is 2.97. The zero-order valence-electron chi connectivity index (χ0n) is 9.09. The van der Waals surface area contributed by atoms with Crippen LogP contribution in [0.1, 0.15) is 24.2 Å². The van der Waals surface area contributed by atoms with Crippen LogP contribution >= 0.6 is 0 Å². The summed E-state index contributed by atoms with van der Waals surface area (Å²) in [6.45, 7) is 3.81. The van der Waals surface area contributed by atoms with E-state index in [1.807, 2.05) is 13.8 Å². The van der Waals surface area contributed by atoms with Gasteiger partial charge in [-0.2, -0.15) is 0 Å². The Kier molecular flexibility index (Phi) is 4.17. The van der Waals surface area contributed by atoms with Crippen molar-refractivity contribution in [2.45, 2.75) is 13.8 Å². The molecule has 0 saturated heterocycles. The monoisotopic (exact) mass is 226 g/mol. The minimum atomic E-state index is -0.788. The molecule has 0 aliphatic heterocycles. The van der Waals surface area contributed by atoms with Crippen LogP contribution in [0, 0.1) is 11.6 Å². The molecule has 86 valence electrons. The van der Waals surface area contributed by atoms with Gasteiger partial charge in [0.2, 0.25) is 0 Å². The van der Waals surface area contributed by atoms with Crippen LogP contribution in [0.5, 0.6) is 5.75 Å². The lowest BCUT2D eigenvalue weighted by Crippen LogP contribution is -2.02. The molecule has 1 aromatic rings. The number of hydrogen-bond acceptors (Lipinski definition) is 2. The highest BCUT2D eigenvalue weighted by Gasteiger charge is 2.14. The van der Waals surface area contributed by atoms with Crippen LogP contribution in [0.15, 0.2) is 23.8 Å². The highest BCUT2D eigenvalue weighted by Crippen LogP contribution is 2.23. The van der Waals surface area contributed by atoms with Crippen LogP contribution in [0.25, 0.3) is 0 Å². The van der Waals surface area contributed by atoms with E-state index in [9.17, 15) is 13.6 Å². The van der Waals surface area contributed by atoms with E-state index in [-0.39, 0.29) is 24.2 Å². The summed E-state index contributed by atoms with van der Waals surface area (Å²) in [4.78, 5) is 10.6. The number of aldehydes is 1. The van der Waals surface area contributed by atoms with Crippen LogP contribution < -0.4 is 4.74 Å². The highest BCUT2D eigenvalue weighted by molar-refractivity contribution is 5.79. The van der Waals surface area contributed by atoms with Gasteiger partial charge in [-0.05, 0) is 32.1 Å². The molecule has 0 amide bonds. The second-order valence-electron chi connectivity index (χ2n) is 3.48. The van der Waals surface area contributed by atoms with Gasteiger partial charge in [0, 0.05) is 0 Å². The maximum atomic E-state index is 13.3. The molecule has 0 aromatic heterocycles. The molecule has 0 aliphatic carbocycles. The summed E-state index contributed by atoms with van der Waals surface area (Å²) in [5.41, 5.74) is 0.603. The van der Waals surface area contributed by atoms with Crippen LogP contribution in [0.4, 0.5) is 8.78 Å². The molecular weight excluding hydrogens is 214 g/mol. The smallest absolute Gasteiger partial charge is 0.168 e. The summed E-state index contributed by atoms with van der Waals surface area (Å²) < 4.78 is 31.4. The molecule has 0 spiro atoms. The number of allylic oxidation sites excluding steroid dienone is 1. The largest absolute Gasteiger partial charge is 0.486 e. The minimum absolute atomic E-state index is 0.101. The first-order valence-electron chi connectivity index (χ1n) is 4.75. The van der Waals surface area contributed by atoms with E-state index in [1.54, 1.807) is 6.08 Å².